The molecule has 0 radical (unpaired) electrons. The summed E-state index contributed by atoms with van der Waals surface area (Å²) in [6, 6.07) is 0. The van der Waals surface area contributed by atoms with Crippen molar-refractivity contribution in [1.82, 2.24) is 0 Å². The molecule has 9 heavy (non-hydrogen) atoms. The number of alkyl halides is 1. The fraction of sp³-hybridized carbons (Fsp3) is 1.00. The third kappa shape index (κ3) is 3.98. The van der Waals surface area contributed by atoms with Gasteiger partial charge in [0, 0.05) is 10.1 Å². The minimum absolute atomic E-state index is 0. The Morgan fingerprint density at radius 2 is 1.56 bits per heavy atom. The van der Waals surface area contributed by atoms with E-state index in [0.29, 0.717) is 5.25 Å². The Morgan fingerprint density at radius 1 is 1.11 bits per heavy atom. The molecule has 0 spiro atoms. The SMILES string of the molecule is SC1CCC(Br)CC1.[LiH]. The zero-order valence-corrected chi connectivity index (χ0v) is 7.29. The molecule has 0 aromatic rings. The van der Waals surface area contributed by atoms with Gasteiger partial charge < -0.3 is 0 Å². The van der Waals surface area contributed by atoms with E-state index >= 15 is 0 Å². The molecule has 0 aromatic heterocycles. The molecule has 0 unspecified atom stereocenters. The van der Waals surface area contributed by atoms with Gasteiger partial charge in [0.1, 0.15) is 0 Å². The van der Waals surface area contributed by atoms with Gasteiger partial charge in [-0.15, -0.1) is 0 Å². The monoisotopic (exact) mass is 202 g/mol. The summed E-state index contributed by atoms with van der Waals surface area (Å²) in [7, 11) is 0. The van der Waals surface area contributed by atoms with Gasteiger partial charge in [-0.1, -0.05) is 15.9 Å². The Balaban J connectivity index is 0.000000640. The van der Waals surface area contributed by atoms with Gasteiger partial charge in [0.25, 0.3) is 0 Å². The standard InChI is InChI=1S/C6H11BrS.Li.H/c7-5-1-3-6(8)4-2-5;;/h5-6,8H,1-4H2;;. The summed E-state index contributed by atoms with van der Waals surface area (Å²) in [6.45, 7) is 0. The van der Waals surface area contributed by atoms with E-state index in [4.69, 9.17) is 0 Å². The molecule has 3 heteroatoms. The average molecular weight is 203 g/mol. The normalized spacial score (nSPS) is 35.3. The maximum absolute atomic E-state index is 4.38. The fourth-order valence-electron chi connectivity index (χ4n) is 1.04. The van der Waals surface area contributed by atoms with Crippen molar-refractivity contribution in [2.24, 2.45) is 0 Å². The summed E-state index contributed by atoms with van der Waals surface area (Å²) in [6.07, 6.45) is 5.21. The number of halogens is 1. The van der Waals surface area contributed by atoms with Gasteiger partial charge in [0.2, 0.25) is 0 Å². The third-order valence-electron chi connectivity index (χ3n) is 1.63. The van der Waals surface area contributed by atoms with Crippen LogP contribution in [0.1, 0.15) is 25.7 Å². The van der Waals surface area contributed by atoms with Crippen LogP contribution in [0.4, 0.5) is 0 Å². The summed E-state index contributed by atoms with van der Waals surface area (Å²) in [5.41, 5.74) is 0. The van der Waals surface area contributed by atoms with Gasteiger partial charge >= 0.3 is 18.9 Å². The molecule has 0 nitrogen and oxygen atoms in total. The molecule has 1 fully saturated rings. The number of hydrogen-bond acceptors (Lipinski definition) is 1. The Bertz CT molecular complexity index is 61.5. The first kappa shape index (κ1) is 10.4. The molecule has 0 saturated heterocycles. The van der Waals surface area contributed by atoms with Crippen molar-refractivity contribution in [1.29, 1.82) is 0 Å². The zero-order valence-electron chi connectivity index (χ0n) is 4.81. The first-order valence-corrected chi connectivity index (χ1v) is 4.54. The minimum atomic E-state index is 0. The zero-order chi connectivity index (χ0) is 5.98. The molecule has 0 atom stereocenters. The van der Waals surface area contributed by atoms with Crippen LogP contribution in [0.3, 0.4) is 0 Å². The van der Waals surface area contributed by atoms with E-state index in [2.05, 4.69) is 28.6 Å². The van der Waals surface area contributed by atoms with Crippen LogP contribution in [0.2, 0.25) is 0 Å². The average Bonchev–Trinajstić information content (AvgIpc) is 1.77. The second-order valence-corrected chi connectivity index (χ2v) is 4.43. The molecular formula is C6H12BrLiS. The fourth-order valence-corrected chi connectivity index (χ4v) is 1.86. The predicted octanol–water partition coefficient (Wildman–Crippen LogP) is 1.97. The van der Waals surface area contributed by atoms with E-state index in [9.17, 15) is 0 Å². The molecule has 0 bridgehead atoms. The van der Waals surface area contributed by atoms with E-state index in [-0.39, 0.29) is 18.9 Å². The van der Waals surface area contributed by atoms with Crippen LogP contribution in [-0.2, 0) is 0 Å². The van der Waals surface area contributed by atoms with Gasteiger partial charge in [-0.25, -0.2) is 0 Å². The molecule has 0 amide bonds. The number of thiol groups is 1. The van der Waals surface area contributed by atoms with Crippen LogP contribution >= 0.6 is 28.6 Å². The van der Waals surface area contributed by atoms with Crippen molar-refractivity contribution in [3.8, 4) is 0 Å². The molecule has 1 aliphatic rings. The molecule has 1 aliphatic carbocycles. The summed E-state index contributed by atoms with van der Waals surface area (Å²) >= 11 is 7.96. The predicted molar refractivity (Wildman–Crippen MR) is 51.1 cm³/mol. The van der Waals surface area contributed by atoms with Crippen LogP contribution in [0, 0.1) is 0 Å². The molecule has 0 aliphatic heterocycles. The number of rotatable bonds is 0. The van der Waals surface area contributed by atoms with Crippen molar-refractivity contribution < 1.29 is 0 Å². The van der Waals surface area contributed by atoms with E-state index in [1.54, 1.807) is 0 Å². The Kier molecular flexibility index (Phi) is 5.94. The van der Waals surface area contributed by atoms with Crippen molar-refractivity contribution in [2.45, 2.75) is 35.8 Å². The van der Waals surface area contributed by atoms with E-state index in [0.717, 1.165) is 4.83 Å². The van der Waals surface area contributed by atoms with Crippen molar-refractivity contribution in [3.05, 3.63) is 0 Å². The molecular weight excluding hydrogens is 191 g/mol. The molecule has 0 aromatic carbocycles. The van der Waals surface area contributed by atoms with Crippen molar-refractivity contribution >= 4 is 47.4 Å². The van der Waals surface area contributed by atoms with Gasteiger partial charge in [0.15, 0.2) is 0 Å². The third-order valence-corrected chi connectivity index (χ3v) is 3.06. The van der Waals surface area contributed by atoms with E-state index < -0.39 is 0 Å². The van der Waals surface area contributed by atoms with Gasteiger partial charge in [-0.3, -0.25) is 0 Å². The first-order valence-electron chi connectivity index (χ1n) is 3.11. The molecule has 0 heterocycles. The van der Waals surface area contributed by atoms with E-state index in [1.807, 2.05) is 0 Å². The second-order valence-electron chi connectivity index (χ2n) is 2.41. The van der Waals surface area contributed by atoms with Crippen LogP contribution in [0.5, 0.6) is 0 Å². The molecule has 50 valence electrons. The van der Waals surface area contributed by atoms with Crippen molar-refractivity contribution in [2.75, 3.05) is 0 Å². The Hall–Kier alpha value is 1.43. The maximum atomic E-state index is 4.38. The quantitative estimate of drug-likeness (QED) is 0.347. The summed E-state index contributed by atoms with van der Waals surface area (Å²) < 4.78 is 0. The topological polar surface area (TPSA) is 0 Å². The summed E-state index contributed by atoms with van der Waals surface area (Å²) in [5.74, 6) is 0. The molecule has 0 N–H and O–H groups in total. The van der Waals surface area contributed by atoms with Crippen LogP contribution in [0.25, 0.3) is 0 Å². The number of hydrogen-bond donors (Lipinski definition) is 1. The van der Waals surface area contributed by atoms with Crippen LogP contribution in [0.15, 0.2) is 0 Å². The second kappa shape index (κ2) is 5.13. The summed E-state index contributed by atoms with van der Waals surface area (Å²) in [4.78, 5) is 0.783. The van der Waals surface area contributed by atoms with Gasteiger partial charge in [-0.2, -0.15) is 12.6 Å². The summed E-state index contributed by atoms with van der Waals surface area (Å²) in [5, 5.41) is 0.684. The van der Waals surface area contributed by atoms with Crippen LogP contribution < -0.4 is 0 Å². The Morgan fingerprint density at radius 3 is 1.89 bits per heavy atom. The van der Waals surface area contributed by atoms with Crippen molar-refractivity contribution in [3.63, 3.8) is 0 Å². The first-order chi connectivity index (χ1) is 3.79. The van der Waals surface area contributed by atoms with Gasteiger partial charge in [-0.05, 0) is 25.7 Å². The van der Waals surface area contributed by atoms with E-state index in [1.165, 1.54) is 25.7 Å². The van der Waals surface area contributed by atoms with Gasteiger partial charge in [0.05, 0.1) is 0 Å². The molecule has 1 saturated carbocycles. The Labute approximate surface area is 82.9 Å². The molecule has 1 rings (SSSR count). The van der Waals surface area contributed by atoms with Crippen LogP contribution in [-0.4, -0.2) is 28.9 Å².